The van der Waals surface area contributed by atoms with Gasteiger partial charge in [-0.25, -0.2) is 0 Å². The predicted molar refractivity (Wildman–Crippen MR) is 218 cm³/mol. The van der Waals surface area contributed by atoms with E-state index in [0.717, 1.165) is 6.42 Å². The van der Waals surface area contributed by atoms with Crippen molar-refractivity contribution in [1.29, 1.82) is 0 Å². The van der Waals surface area contributed by atoms with Gasteiger partial charge in [0.25, 0.3) is 0 Å². The summed E-state index contributed by atoms with van der Waals surface area (Å²) in [5, 5.41) is 5.38. The number of hydrogen-bond acceptors (Lipinski definition) is 1. The van der Waals surface area contributed by atoms with E-state index in [0.29, 0.717) is 11.8 Å². The Morgan fingerprint density at radius 1 is 0.569 bits per heavy atom. The molecule has 2 aliphatic rings. The maximum absolute atomic E-state index is 2.55. The fourth-order valence-electron chi connectivity index (χ4n) is 9.91. The fraction of sp³-hybridized carbons (Fsp3) is 0.143. The molecule has 0 saturated heterocycles. The number of thiophene rings is 1. The van der Waals surface area contributed by atoms with Gasteiger partial charge in [0.15, 0.2) is 0 Å². The number of rotatable bonds is 3. The second kappa shape index (κ2) is 10.5. The molecule has 244 valence electrons. The molecule has 0 spiro atoms. The van der Waals surface area contributed by atoms with E-state index in [4.69, 9.17) is 0 Å². The van der Waals surface area contributed by atoms with Gasteiger partial charge in [-0.05, 0) is 105 Å². The topological polar surface area (TPSA) is 4.93 Å². The lowest BCUT2D eigenvalue weighted by Crippen LogP contribution is -2.19. The van der Waals surface area contributed by atoms with Crippen molar-refractivity contribution in [2.45, 2.75) is 44.4 Å². The SMILES string of the molecule is CC1c2ccccc2-c2ccccc2C1Cc1ccc2c(c1)C(C)(C)c1c-2ccc2sc3ccc(-n4c5ccccc5c5ccccc54)cc3c12. The summed E-state index contributed by atoms with van der Waals surface area (Å²) in [6.45, 7) is 7.34. The Labute approximate surface area is 302 Å². The predicted octanol–water partition coefficient (Wildman–Crippen LogP) is 13.6. The van der Waals surface area contributed by atoms with Crippen molar-refractivity contribution in [1.82, 2.24) is 4.57 Å². The molecule has 11 rings (SSSR count). The van der Waals surface area contributed by atoms with Gasteiger partial charge in [-0.2, -0.15) is 0 Å². The number of nitrogens with zero attached hydrogens (tertiary/aromatic N) is 1. The highest BCUT2D eigenvalue weighted by Crippen LogP contribution is 2.55. The van der Waals surface area contributed by atoms with Crippen LogP contribution in [0.2, 0.25) is 0 Å². The van der Waals surface area contributed by atoms with E-state index in [1.165, 1.54) is 97.7 Å². The van der Waals surface area contributed by atoms with Gasteiger partial charge >= 0.3 is 0 Å². The van der Waals surface area contributed by atoms with Crippen LogP contribution in [-0.2, 0) is 11.8 Å². The van der Waals surface area contributed by atoms with E-state index in [2.05, 4.69) is 171 Å². The first-order valence-corrected chi connectivity index (χ1v) is 19.1. The van der Waals surface area contributed by atoms with Crippen LogP contribution in [0.5, 0.6) is 0 Å². The maximum Gasteiger partial charge on any atom is 0.0541 e. The van der Waals surface area contributed by atoms with Crippen LogP contribution in [0.4, 0.5) is 0 Å². The molecule has 0 radical (unpaired) electrons. The van der Waals surface area contributed by atoms with Gasteiger partial charge in [-0.3, -0.25) is 0 Å². The zero-order valence-electron chi connectivity index (χ0n) is 29.1. The zero-order valence-corrected chi connectivity index (χ0v) is 29.9. The highest BCUT2D eigenvalue weighted by atomic mass is 32.1. The summed E-state index contributed by atoms with van der Waals surface area (Å²) >= 11 is 1.93. The second-order valence-corrected chi connectivity index (χ2v) is 16.4. The van der Waals surface area contributed by atoms with Crippen molar-refractivity contribution in [2.24, 2.45) is 0 Å². The molecule has 1 nitrogen and oxygen atoms in total. The first kappa shape index (κ1) is 29.3. The van der Waals surface area contributed by atoms with E-state index in [1.54, 1.807) is 0 Å². The molecular formula is C49H37NS. The summed E-state index contributed by atoms with van der Waals surface area (Å²) in [5.41, 5.74) is 16.5. The van der Waals surface area contributed by atoms with Crippen molar-refractivity contribution < 1.29 is 0 Å². The van der Waals surface area contributed by atoms with E-state index in [9.17, 15) is 0 Å². The number of hydrogen-bond donors (Lipinski definition) is 0. The highest BCUT2D eigenvalue weighted by Gasteiger charge is 2.38. The minimum atomic E-state index is -0.125. The first-order chi connectivity index (χ1) is 25.0. The smallest absolute Gasteiger partial charge is 0.0541 e. The van der Waals surface area contributed by atoms with Crippen molar-refractivity contribution in [3.63, 3.8) is 0 Å². The molecule has 0 amide bonds. The average molecular weight is 672 g/mol. The Hall–Kier alpha value is -5.44. The number of fused-ring (bicyclic) bond motifs is 13. The number of para-hydroxylation sites is 2. The van der Waals surface area contributed by atoms with Gasteiger partial charge in [0.2, 0.25) is 0 Å². The molecule has 2 aliphatic carbocycles. The largest absolute Gasteiger partial charge is 0.309 e. The third-order valence-corrected chi connectivity index (χ3v) is 13.4. The molecule has 2 heterocycles. The number of benzene rings is 7. The van der Waals surface area contributed by atoms with Crippen LogP contribution in [0, 0.1) is 0 Å². The number of aromatic nitrogens is 1. The van der Waals surface area contributed by atoms with Crippen molar-refractivity contribution in [3.05, 3.63) is 173 Å². The zero-order chi connectivity index (χ0) is 34.0. The molecule has 0 bridgehead atoms. The lowest BCUT2D eigenvalue weighted by atomic mass is 9.70. The van der Waals surface area contributed by atoms with Gasteiger partial charge in [-0.1, -0.05) is 130 Å². The van der Waals surface area contributed by atoms with Crippen LogP contribution in [0.15, 0.2) is 146 Å². The lowest BCUT2D eigenvalue weighted by Gasteiger charge is -2.34. The van der Waals surface area contributed by atoms with Gasteiger partial charge < -0.3 is 4.57 Å². The molecule has 7 aromatic carbocycles. The monoisotopic (exact) mass is 671 g/mol. The minimum absolute atomic E-state index is 0.125. The molecule has 51 heavy (non-hydrogen) atoms. The normalized spacial score (nSPS) is 17.2. The summed E-state index contributed by atoms with van der Waals surface area (Å²) < 4.78 is 5.17. The van der Waals surface area contributed by atoms with Crippen LogP contribution in [0.1, 0.15) is 60.4 Å². The van der Waals surface area contributed by atoms with Gasteiger partial charge in [0, 0.05) is 42.0 Å². The van der Waals surface area contributed by atoms with Crippen LogP contribution in [-0.4, -0.2) is 4.57 Å². The van der Waals surface area contributed by atoms with E-state index >= 15 is 0 Å². The van der Waals surface area contributed by atoms with Crippen LogP contribution in [0.25, 0.3) is 69.9 Å². The summed E-state index contributed by atoms with van der Waals surface area (Å²) in [5.74, 6) is 0.892. The molecule has 2 heteroatoms. The van der Waals surface area contributed by atoms with Gasteiger partial charge in [0.1, 0.15) is 0 Å². The Morgan fingerprint density at radius 3 is 1.96 bits per heavy atom. The Morgan fingerprint density at radius 2 is 1.20 bits per heavy atom. The summed E-state index contributed by atoms with van der Waals surface area (Å²) in [4.78, 5) is 0. The third kappa shape index (κ3) is 4.03. The summed E-state index contributed by atoms with van der Waals surface area (Å²) in [6, 6.07) is 55.0. The third-order valence-electron chi connectivity index (χ3n) is 12.3. The standard InChI is InChI=1S/C49H37NS/c1-29-32-12-4-5-13-33(32)34-14-6-7-15-35(34)40(29)26-30-20-22-36-39-23-25-46-47(48(39)49(2,3)42(36)27-30)41-28-31(21-24-45(41)51-46)50-43-18-10-8-16-37(43)38-17-9-11-19-44(38)50/h4-25,27-29,40H,26H2,1-3H3. The molecule has 2 aromatic heterocycles. The maximum atomic E-state index is 2.55. The Bertz CT molecular complexity index is 2840. The minimum Gasteiger partial charge on any atom is -0.309 e. The molecule has 2 atom stereocenters. The van der Waals surface area contributed by atoms with E-state index < -0.39 is 0 Å². The summed E-state index contributed by atoms with van der Waals surface area (Å²) in [7, 11) is 0. The van der Waals surface area contributed by atoms with Crippen LogP contribution >= 0.6 is 11.3 Å². The Kier molecular flexibility index (Phi) is 6.06. The van der Waals surface area contributed by atoms with E-state index in [-0.39, 0.29) is 5.41 Å². The first-order valence-electron chi connectivity index (χ1n) is 18.3. The molecular weight excluding hydrogens is 635 g/mol. The molecule has 0 N–H and O–H groups in total. The van der Waals surface area contributed by atoms with Crippen molar-refractivity contribution in [3.8, 4) is 27.9 Å². The quantitative estimate of drug-likeness (QED) is 0.176. The fourth-order valence-corrected chi connectivity index (χ4v) is 11.0. The highest BCUT2D eigenvalue weighted by molar-refractivity contribution is 7.25. The molecule has 0 fully saturated rings. The molecule has 0 saturated carbocycles. The van der Waals surface area contributed by atoms with Gasteiger partial charge in [-0.15, -0.1) is 11.3 Å². The molecule has 0 aliphatic heterocycles. The summed E-state index contributed by atoms with van der Waals surface area (Å²) in [6.07, 6.45) is 1.03. The second-order valence-electron chi connectivity index (χ2n) is 15.3. The average Bonchev–Trinajstić information content (AvgIpc) is 3.78. The van der Waals surface area contributed by atoms with Crippen molar-refractivity contribution in [2.75, 3.05) is 0 Å². The van der Waals surface area contributed by atoms with Crippen molar-refractivity contribution >= 4 is 53.3 Å². The Balaban J connectivity index is 1.04. The van der Waals surface area contributed by atoms with Gasteiger partial charge in [0.05, 0.1) is 11.0 Å². The lowest BCUT2D eigenvalue weighted by molar-refractivity contribution is 0.565. The van der Waals surface area contributed by atoms with Crippen LogP contribution in [0.3, 0.4) is 0 Å². The molecule has 2 unspecified atom stereocenters. The van der Waals surface area contributed by atoms with E-state index in [1.807, 2.05) is 11.3 Å². The van der Waals surface area contributed by atoms with Crippen LogP contribution < -0.4 is 0 Å². The molecule has 9 aromatic rings.